The number of carbonyl (C=O) groups excluding carboxylic acids is 1. The molecule has 0 aliphatic rings. The van der Waals surface area contributed by atoms with Crippen molar-refractivity contribution in [1.82, 2.24) is 24.4 Å². The van der Waals surface area contributed by atoms with Crippen LogP contribution < -0.4 is 15.5 Å². The predicted octanol–water partition coefficient (Wildman–Crippen LogP) is 5.29. The Labute approximate surface area is 228 Å². The van der Waals surface area contributed by atoms with Crippen LogP contribution in [0.5, 0.6) is 0 Å². The summed E-state index contributed by atoms with van der Waals surface area (Å²) in [5, 5.41) is 8.46. The number of fused-ring (bicyclic) bond motifs is 2. The molecule has 3 aromatic heterocycles. The number of hydrogen-bond donors (Lipinski definition) is 3. The molecule has 0 spiro atoms. The number of nitrogens with one attached hydrogen (secondary N) is 3. The van der Waals surface area contributed by atoms with Crippen molar-refractivity contribution >= 4 is 50.9 Å². The standard InChI is InChI=1S/C30H34N8O/c1-7-27(39)32-24-17-23(19(2)16-26(24)37(5)15-14-36(3)4)33-30-34-28(21-12-13-31-29(21)35-30)22-18-38(6)25-11-9-8-10-20(22)25/h7-13,16-18H,1,14-15H2,2-6H3,(H,32,39)(H2,31,33,34,35). The number of amides is 1. The van der Waals surface area contributed by atoms with Crippen LogP contribution in [0.15, 0.2) is 67.5 Å². The van der Waals surface area contributed by atoms with E-state index in [1.807, 2.05) is 65.6 Å². The maximum Gasteiger partial charge on any atom is 0.247 e. The van der Waals surface area contributed by atoms with Gasteiger partial charge < -0.3 is 30.0 Å². The first-order valence-electron chi connectivity index (χ1n) is 12.9. The van der Waals surface area contributed by atoms with E-state index in [0.717, 1.165) is 63.2 Å². The van der Waals surface area contributed by atoms with Gasteiger partial charge in [-0.15, -0.1) is 0 Å². The van der Waals surface area contributed by atoms with Gasteiger partial charge in [-0.2, -0.15) is 4.98 Å². The third kappa shape index (κ3) is 5.21. The van der Waals surface area contributed by atoms with E-state index in [1.54, 1.807) is 0 Å². The fourth-order valence-electron chi connectivity index (χ4n) is 4.75. The second-order valence-electron chi connectivity index (χ2n) is 10.0. The number of para-hydroxylation sites is 1. The van der Waals surface area contributed by atoms with Gasteiger partial charge in [0.2, 0.25) is 11.9 Å². The SMILES string of the molecule is C=CC(=O)Nc1cc(Nc2nc(-c3cn(C)c4ccccc34)c3cc[nH]c3n2)c(C)cc1N(C)CCN(C)C. The van der Waals surface area contributed by atoms with Crippen LogP contribution in [-0.2, 0) is 11.8 Å². The minimum Gasteiger partial charge on any atom is -0.372 e. The molecule has 0 unspecified atom stereocenters. The smallest absolute Gasteiger partial charge is 0.247 e. The fourth-order valence-corrected chi connectivity index (χ4v) is 4.75. The molecule has 9 heteroatoms. The lowest BCUT2D eigenvalue weighted by Gasteiger charge is -2.25. The number of benzene rings is 2. The van der Waals surface area contributed by atoms with Gasteiger partial charge in [0.15, 0.2) is 0 Å². The zero-order valence-corrected chi connectivity index (χ0v) is 23.0. The third-order valence-electron chi connectivity index (χ3n) is 6.89. The number of aromatic amines is 1. The molecule has 5 aromatic rings. The van der Waals surface area contributed by atoms with Gasteiger partial charge in [0.05, 0.1) is 17.1 Å². The van der Waals surface area contributed by atoms with Gasteiger partial charge in [-0.3, -0.25) is 4.79 Å². The molecule has 9 nitrogen and oxygen atoms in total. The quantitative estimate of drug-likeness (QED) is 0.228. The Morgan fingerprint density at radius 1 is 1.08 bits per heavy atom. The van der Waals surface area contributed by atoms with Crippen molar-refractivity contribution in [3.63, 3.8) is 0 Å². The Morgan fingerprint density at radius 3 is 2.64 bits per heavy atom. The van der Waals surface area contributed by atoms with Crippen molar-refractivity contribution < 1.29 is 4.79 Å². The molecule has 200 valence electrons. The molecule has 0 bridgehead atoms. The van der Waals surface area contributed by atoms with E-state index in [-0.39, 0.29) is 5.91 Å². The van der Waals surface area contributed by atoms with Crippen molar-refractivity contribution in [1.29, 1.82) is 0 Å². The summed E-state index contributed by atoms with van der Waals surface area (Å²) in [7, 11) is 8.15. The van der Waals surface area contributed by atoms with Gasteiger partial charge in [0, 0.05) is 67.1 Å². The van der Waals surface area contributed by atoms with E-state index >= 15 is 0 Å². The molecule has 0 atom stereocenters. The van der Waals surface area contributed by atoms with Crippen LogP contribution in [0.4, 0.5) is 23.0 Å². The molecule has 5 rings (SSSR count). The van der Waals surface area contributed by atoms with E-state index in [9.17, 15) is 4.79 Å². The maximum atomic E-state index is 12.3. The Hall–Kier alpha value is -4.63. The molecular weight excluding hydrogens is 488 g/mol. The summed E-state index contributed by atoms with van der Waals surface area (Å²) in [6.45, 7) is 7.33. The molecule has 3 N–H and O–H groups in total. The first kappa shape index (κ1) is 26.0. The number of aryl methyl sites for hydroxylation is 2. The summed E-state index contributed by atoms with van der Waals surface area (Å²) < 4.78 is 2.11. The Morgan fingerprint density at radius 2 is 1.87 bits per heavy atom. The Balaban J connectivity index is 1.57. The molecule has 0 fully saturated rings. The van der Waals surface area contributed by atoms with Crippen molar-refractivity contribution in [2.24, 2.45) is 7.05 Å². The van der Waals surface area contributed by atoms with Crippen LogP contribution in [0.3, 0.4) is 0 Å². The van der Waals surface area contributed by atoms with Crippen LogP contribution in [0, 0.1) is 6.92 Å². The fraction of sp³-hybridized carbons (Fsp3) is 0.233. The van der Waals surface area contributed by atoms with Gasteiger partial charge in [-0.05, 0) is 56.9 Å². The molecule has 0 aliphatic carbocycles. The average Bonchev–Trinajstić information content (AvgIpc) is 3.53. The zero-order chi connectivity index (χ0) is 27.7. The topological polar surface area (TPSA) is 94.1 Å². The highest BCUT2D eigenvalue weighted by Crippen LogP contribution is 2.36. The van der Waals surface area contributed by atoms with Crippen molar-refractivity contribution in [2.75, 3.05) is 49.8 Å². The monoisotopic (exact) mass is 522 g/mol. The van der Waals surface area contributed by atoms with E-state index < -0.39 is 0 Å². The molecule has 2 aromatic carbocycles. The minimum atomic E-state index is -0.269. The van der Waals surface area contributed by atoms with Gasteiger partial charge >= 0.3 is 0 Å². The van der Waals surface area contributed by atoms with Crippen molar-refractivity contribution in [2.45, 2.75) is 6.92 Å². The highest BCUT2D eigenvalue weighted by atomic mass is 16.1. The highest BCUT2D eigenvalue weighted by molar-refractivity contribution is 6.03. The first-order chi connectivity index (χ1) is 18.7. The summed E-state index contributed by atoms with van der Waals surface area (Å²) in [5.41, 5.74) is 7.17. The molecule has 1 amide bonds. The number of rotatable bonds is 9. The molecule has 0 saturated heterocycles. The van der Waals surface area contributed by atoms with E-state index in [2.05, 4.69) is 61.0 Å². The minimum absolute atomic E-state index is 0.269. The highest BCUT2D eigenvalue weighted by Gasteiger charge is 2.18. The zero-order valence-electron chi connectivity index (χ0n) is 23.0. The largest absolute Gasteiger partial charge is 0.372 e. The van der Waals surface area contributed by atoms with E-state index in [4.69, 9.17) is 9.97 Å². The number of H-pyrrole nitrogens is 1. The van der Waals surface area contributed by atoms with Crippen LogP contribution >= 0.6 is 0 Å². The number of nitrogens with zero attached hydrogens (tertiary/aromatic N) is 5. The molecule has 0 saturated carbocycles. The summed E-state index contributed by atoms with van der Waals surface area (Å²) in [5.74, 6) is 0.194. The number of aromatic nitrogens is 4. The molecule has 0 radical (unpaired) electrons. The summed E-state index contributed by atoms with van der Waals surface area (Å²) in [6, 6.07) is 14.3. The number of carbonyl (C=O) groups is 1. The van der Waals surface area contributed by atoms with Gasteiger partial charge in [-0.25, -0.2) is 4.98 Å². The van der Waals surface area contributed by atoms with Crippen molar-refractivity contribution in [3.05, 3.63) is 73.1 Å². The number of likely N-dealkylation sites (N-methyl/N-ethyl adjacent to an activating group) is 2. The van der Waals surface area contributed by atoms with E-state index in [0.29, 0.717) is 11.6 Å². The van der Waals surface area contributed by atoms with Crippen molar-refractivity contribution in [3.8, 4) is 11.3 Å². The lowest BCUT2D eigenvalue weighted by molar-refractivity contribution is -0.111. The number of hydrogen-bond acceptors (Lipinski definition) is 6. The van der Waals surface area contributed by atoms with Crippen LogP contribution in [0.25, 0.3) is 33.2 Å². The normalized spacial score (nSPS) is 11.3. The summed E-state index contributed by atoms with van der Waals surface area (Å²) in [4.78, 5) is 29.5. The summed E-state index contributed by atoms with van der Waals surface area (Å²) >= 11 is 0. The average molecular weight is 523 g/mol. The lowest BCUT2D eigenvalue weighted by atomic mass is 10.1. The van der Waals surface area contributed by atoms with E-state index in [1.165, 1.54) is 6.08 Å². The van der Waals surface area contributed by atoms with Crippen LogP contribution in [0.2, 0.25) is 0 Å². The second kappa shape index (κ2) is 10.6. The first-order valence-corrected chi connectivity index (χ1v) is 12.9. The Bertz CT molecular complexity index is 1680. The Kier molecular flexibility index (Phi) is 7.08. The molecular formula is C30H34N8O. The van der Waals surface area contributed by atoms with Crippen LogP contribution in [0.1, 0.15) is 5.56 Å². The third-order valence-corrected chi connectivity index (χ3v) is 6.89. The van der Waals surface area contributed by atoms with Crippen LogP contribution in [-0.4, -0.2) is 64.6 Å². The summed E-state index contributed by atoms with van der Waals surface area (Å²) in [6.07, 6.45) is 5.26. The molecule has 0 aliphatic heterocycles. The predicted molar refractivity (Wildman–Crippen MR) is 161 cm³/mol. The maximum absolute atomic E-state index is 12.3. The molecule has 39 heavy (non-hydrogen) atoms. The lowest BCUT2D eigenvalue weighted by Crippen LogP contribution is -2.29. The van der Waals surface area contributed by atoms with Gasteiger partial charge in [0.25, 0.3) is 0 Å². The van der Waals surface area contributed by atoms with Gasteiger partial charge in [0.1, 0.15) is 5.65 Å². The van der Waals surface area contributed by atoms with Gasteiger partial charge in [-0.1, -0.05) is 24.8 Å². The number of anilines is 4. The molecule has 3 heterocycles. The second-order valence-corrected chi connectivity index (χ2v) is 10.0.